The van der Waals surface area contributed by atoms with E-state index in [0.29, 0.717) is 24.5 Å². The van der Waals surface area contributed by atoms with Crippen LogP contribution in [-0.2, 0) is 24.9 Å². The van der Waals surface area contributed by atoms with Gasteiger partial charge in [0, 0.05) is 20.7 Å². The Morgan fingerprint density at radius 2 is 2.20 bits per heavy atom. The first kappa shape index (κ1) is 14.1. The van der Waals surface area contributed by atoms with Gasteiger partial charge in [0.1, 0.15) is 5.69 Å². The Hall–Kier alpha value is -2.34. The lowest BCUT2D eigenvalue weighted by Crippen LogP contribution is -2.26. The van der Waals surface area contributed by atoms with Crippen molar-refractivity contribution in [3.05, 3.63) is 47.3 Å². The third-order valence-electron chi connectivity index (χ3n) is 2.94. The van der Waals surface area contributed by atoms with E-state index in [4.69, 9.17) is 10.5 Å². The van der Waals surface area contributed by atoms with Gasteiger partial charge in [-0.05, 0) is 11.1 Å². The van der Waals surface area contributed by atoms with Crippen molar-refractivity contribution in [3.8, 4) is 0 Å². The molecule has 0 unspecified atom stereocenters. The molecular formula is C14H18N4O2. The summed E-state index contributed by atoms with van der Waals surface area (Å²) in [5, 5.41) is 6.78. The highest BCUT2D eigenvalue weighted by Crippen LogP contribution is 2.10. The summed E-state index contributed by atoms with van der Waals surface area (Å²) in [6.45, 7) is 0.984. The van der Waals surface area contributed by atoms with E-state index in [-0.39, 0.29) is 5.91 Å². The van der Waals surface area contributed by atoms with Crippen LogP contribution in [0, 0.1) is 0 Å². The number of nitrogen functional groups attached to an aromatic ring is 1. The maximum atomic E-state index is 12.1. The van der Waals surface area contributed by atoms with Crippen LogP contribution in [0.3, 0.4) is 0 Å². The Bertz CT molecular complexity index is 587. The largest absolute Gasteiger partial charge is 0.396 e. The van der Waals surface area contributed by atoms with Crippen LogP contribution in [0.4, 0.5) is 5.69 Å². The van der Waals surface area contributed by atoms with Crippen molar-refractivity contribution in [1.82, 2.24) is 15.1 Å². The van der Waals surface area contributed by atoms with Gasteiger partial charge in [0.15, 0.2) is 0 Å². The maximum Gasteiger partial charge on any atom is 0.271 e. The number of amides is 1. The number of hydrogen-bond acceptors (Lipinski definition) is 4. The van der Waals surface area contributed by atoms with Crippen LogP contribution in [0.5, 0.6) is 0 Å². The number of anilines is 1. The molecule has 20 heavy (non-hydrogen) atoms. The molecule has 6 heteroatoms. The summed E-state index contributed by atoms with van der Waals surface area (Å²) in [5.74, 6) is -0.236. The van der Waals surface area contributed by atoms with Crippen molar-refractivity contribution >= 4 is 11.6 Å². The van der Waals surface area contributed by atoms with Gasteiger partial charge < -0.3 is 15.8 Å². The zero-order valence-corrected chi connectivity index (χ0v) is 11.6. The highest BCUT2D eigenvalue weighted by atomic mass is 16.5. The molecule has 3 N–H and O–H groups in total. The standard InChI is InChI=1S/C14H18N4O2/c1-18-13(12(15)8-17-18)14(19)16-7-10-4-3-5-11(6-10)9-20-2/h3-6,8H,7,9,15H2,1-2H3,(H,16,19). The molecule has 0 saturated carbocycles. The summed E-state index contributed by atoms with van der Waals surface area (Å²) >= 11 is 0. The number of hydrogen-bond donors (Lipinski definition) is 2. The smallest absolute Gasteiger partial charge is 0.271 e. The van der Waals surface area contributed by atoms with Crippen LogP contribution in [0.2, 0.25) is 0 Å². The van der Waals surface area contributed by atoms with Crippen LogP contribution < -0.4 is 11.1 Å². The number of methoxy groups -OCH3 is 1. The van der Waals surface area contributed by atoms with Gasteiger partial charge in [-0.3, -0.25) is 9.48 Å². The zero-order valence-electron chi connectivity index (χ0n) is 11.6. The Labute approximate surface area is 117 Å². The minimum atomic E-state index is -0.236. The van der Waals surface area contributed by atoms with Gasteiger partial charge in [0.05, 0.1) is 18.5 Å². The summed E-state index contributed by atoms with van der Waals surface area (Å²) in [6, 6.07) is 7.87. The number of carbonyl (C=O) groups is 1. The topological polar surface area (TPSA) is 82.2 Å². The van der Waals surface area contributed by atoms with Crippen LogP contribution >= 0.6 is 0 Å². The second kappa shape index (κ2) is 6.21. The molecule has 1 aromatic carbocycles. The summed E-state index contributed by atoms with van der Waals surface area (Å²) in [4.78, 5) is 12.1. The monoisotopic (exact) mass is 274 g/mol. The van der Waals surface area contributed by atoms with Crippen LogP contribution in [0.25, 0.3) is 0 Å². The van der Waals surface area contributed by atoms with Crippen molar-refractivity contribution in [2.75, 3.05) is 12.8 Å². The number of ether oxygens (including phenoxy) is 1. The lowest BCUT2D eigenvalue weighted by atomic mass is 10.1. The Kier molecular flexibility index (Phi) is 4.37. The minimum Gasteiger partial charge on any atom is -0.396 e. The van der Waals surface area contributed by atoms with E-state index in [1.807, 2.05) is 24.3 Å². The van der Waals surface area contributed by atoms with Gasteiger partial charge in [-0.2, -0.15) is 5.10 Å². The molecule has 0 saturated heterocycles. The molecule has 1 amide bonds. The van der Waals surface area contributed by atoms with Crippen molar-refractivity contribution in [2.45, 2.75) is 13.2 Å². The number of aryl methyl sites for hydroxylation is 1. The molecule has 106 valence electrons. The molecular weight excluding hydrogens is 256 g/mol. The average molecular weight is 274 g/mol. The molecule has 2 rings (SSSR count). The first-order valence-electron chi connectivity index (χ1n) is 6.24. The Morgan fingerprint density at radius 3 is 2.85 bits per heavy atom. The van der Waals surface area contributed by atoms with Crippen molar-refractivity contribution in [1.29, 1.82) is 0 Å². The predicted molar refractivity (Wildman–Crippen MR) is 75.9 cm³/mol. The second-order valence-electron chi connectivity index (χ2n) is 4.51. The molecule has 1 aromatic heterocycles. The molecule has 0 radical (unpaired) electrons. The fourth-order valence-corrected chi connectivity index (χ4v) is 1.99. The van der Waals surface area contributed by atoms with Gasteiger partial charge >= 0.3 is 0 Å². The van der Waals surface area contributed by atoms with Gasteiger partial charge in [0.2, 0.25) is 0 Å². The van der Waals surface area contributed by atoms with Gasteiger partial charge in [0.25, 0.3) is 5.91 Å². The van der Waals surface area contributed by atoms with E-state index in [2.05, 4.69) is 10.4 Å². The van der Waals surface area contributed by atoms with Crippen molar-refractivity contribution < 1.29 is 9.53 Å². The van der Waals surface area contributed by atoms with E-state index in [0.717, 1.165) is 11.1 Å². The average Bonchev–Trinajstić information content (AvgIpc) is 2.76. The third-order valence-corrected chi connectivity index (χ3v) is 2.94. The molecule has 2 aromatic rings. The minimum absolute atomic E-state index is 0.236. The first-order chi connectivity index (χ1) is 9.61. The molecule has 0 aliphatic heterocycles. The fourth-order valence-electron chi connectivity index (χ4n) is 1.99. The molecule has 0 atom stereocenters. The van der Waals surface area contributed by atoms with Gasteiger partial charge in [-0.25, -0.2) is 0 Å². The number of benzene rings is 1. The summed E-state index contributed by atoms with van der Waals surface area (Å²) in [6.07, 6.45) is 1.47. The number of nitrogens with two attached hydrogens (primary N) is 1. The molecule has 6 nitrogen and oxygen atoms in total. The molecule has 0 fully saturated rings. The Balaban J connectivity index is 2.02. The predicted octanol–water partition coefficient (Wildman–Crippen LogP) is 1.08. The SMILES string of the molecule is COCc1cccc(CNC(=O)c2c(N)cnn2C)c1. The van der Waals surface area contributed by atoms with Crippen LogP contribution in [0.15, 0.2) is 30.5 Å². The summed E-state index contributed by atoms with van der Waals surface area (Å²) in [5.41, 5.74) is 8.54. The normalized spacial score (nSPS) is 10.5. The number of nitrogens with zero attached hydrogens (tertiary/aromatic N) is 2. The van der Waals surface area contributed by atoms with E-state index in [1.165, 1.54) is 10.9 Å². The Morgan fingerprint density at radius 1 is 1.45 bits per heavy atom. The number of nitrogens with one attached hydrogen (secondary N) is 1. The summed E-state index contributed by atoms with van der Waals surface area (Å²) in [7, 11) is 3.34. The second-order valence-corrected chi connectivity index (χ2v) is 4.51. The quantitative estimate of drug-likeness (QED) is 0.854. The zero-order chi connectivity index (χ0) is 14.5. The lowest BCUT2D eigenvalue weighted by Gasteiger charge is -2.08. The number of rotatable bonds is 5. The van der Waals surface area contributed by atoms with E-state index in [9.17, 15) is 4.79 Å². The first-order valence-corrected chi connectivity index (χ1v) is 6.24. The number of carbonyl (C=O) groups excluding carboxylic acids is 1. The number of aromatic nitrogens is 2. The van der Waals surface area contributed by atoms with Crippen LogP contribution in [0.1, 0.15) is 21.6 Å². The summed E-state index contributed by atoms with van der Waals surface area (Å²) < 4.78 is 6.55. The highest BCUT2D eigenvalue weighted by molar-refractivity contribution is 5.97. The van der Waals surface area contributed by atoms with Gasteiger partial charge in [-0.15, -0.1) is 0 Å². The third kappa shape index (κ3) is 3.16. The molecule has 0 bridgehead atoms. The van der Waals surface area contributed by atoms with Gasteiger partial charge in [-0.1, -0.05) is 24.3 Å². The van der Waals surface area contributed by atoms with E-state index >= 15 is 0 Å². The highest BCUT2D eigenvalue weighted by Gasteiger charge is 2.14. The molecule has 0 spiro atoms. The fraction of sp³-hybridized carbons (Fsp3) is 0.286. The van der Waals surface area contributed by atoms with E-state index in [1.54, 1.807) is 14.2 Å². The van der Waals surface area contributed by atoms with Crippen molar-refractivity contribution in [3.63, 3.8) is 0 Å². The van der Waals surface area contributed by atoms with Crippen LogP contribution in [-0.4, -0.2) is 22.8 Å². The maximum absolute atomic E-state index is 12.1. The molecule has 0 aliphatic rings. The van der Waals surface area contributed by atoms with Crippen molar-refractivity contribution in [2.24, 2.45) is 7.05 Å². The lowest BCUT2D eigenvalue weighted by molar-refractivity contribution is 0.0942. The molecule has 0 aliphatic carbocycles. The molecule has 1 heterocycles. The van der Waals surface area contributed by atoms with E-state index < -0.39 is 0 Å².